The molecule has 0 heterocycles. The average molecular weight is 300 g/mol. The van der Waals surface area contributed by atoms with Gasteiger partial charge in [-0.15, -0.1) is 11.8 Å². The number of carbonyl (C=O) groups is 2. The summed E-state index contributed by atoms with van der Waals surface area (Å²) in [7, 11) is 0. The molecule has 4 heteroatoms. The number of thioether (sulfide) groups is 1. The predicted molar refractivity (Wildman–Crippen MR) is 84.6 cm³/mol. The second-order valence-corrected chi connectivity index (χ2v) is 5.81. The number of Topliss-reactive ketones (excluding diaryl/α,β-unsaturated/α-hetero) is 1. The highest BCUT2D eigenvalue weighted by molar-refractivity contribution is 7.99. The van der Waals surface area contributed by atoms with Crippen LogP contribution in [0.15, 0.2) is 60.7 Å². The molecule has 0 saturated heterocycles. The van der Waals surface area contributed by atoms with Gasteiger partial charge in [0, 0.05) is 17.7 Å². The van der Waals surface area contributed by atoms with Gasteiger partial charge < -0.3 is 5.11 Å². The molecule has 0 fully saturated rings. The van der Waals surface area contributed by atoms with Crippen LogP contribution in [0.5, 0.6) is 0 Å². The van der Waals surface area contributed by atoms with Crippen molar-refractivity contribution in [3.05, 3.63) is 71.8 Å². The Hall–Kier alpha value is -2.07. The number of hydrogen-bond donors (Lipinski definition) is 1. The summed E-state index contributed by atoms with van der Waals surface area (Å²) in [6.45, 7) is 0. The number of benzene rings is 2. The molecule has 21 heavy (non-hydrogen) atoms. The molecule has 1 N–H and O–H groups in total. The Morgan fingerprint density at radius 1 is 0.952 bits per heavy atom. The molecule has 0 bridgehead atoms. The minimum absolute atomic E-state index is 0.0108. The number of carbonyl (C=O) groups excluding carboxylic acids is 1. The molecule has 3 nitrogen and oxygen atoms in total. The maximum Gasteiger partial charge on any atom is 0.317 e. The fraction of sp³-hybridized carbons (Fsp3) is 0.176. The average Bonchev–Trinajstić information content (AvgIpc) is 2.52. The van der Waals surface area contributed by atoms with Crippen molar-refractivity contribution in [2.45, 2.75) is 17.4 Å². The number of rotatable bonds is 7. The summed E-state index contributed by atoms with van der Waals surface area (Å²) >= 11 is 1.29. The number of aliphatic carboxylic acids is 1. The summed E-state index contributed by atoms with van der Waals surface area (Å²) in [5, 5.41) is 8.55. The van der Waals surface area contributed by atoms with E-state index in [1.807, 2.05) is 36.4 Å². The number of ketones is 1. The van der Waals surface area contributed by atoms with Gasteiger partial charge in [0.2, 0.25) is 0 Å². The van der Waals surface area contributed by atoms with E-state index in [2.05, 4.69) is 0 Å². The maximum atomic E-state index is 12.1. The van der Waals surface area contributed by atoms with Crippen molar-refractivity contribution >= 4 is 23.5 Å². The summed E-state index contributed by atoms with van der Waals surface area (Å²) < 4.78 is 0. The number of carboxylic acid groups (broad SMARTS) is 1. The van der Waals surface area contributed by atoms with Crippen LogP contribution in [0.1, 0.15) is 22.3 Å². The van der Waals surface area contributed by atoms with E-state index >= 15 is 0 Å². The third kappa shape index (κ3) is 4.76. The minimum atomic E-state index is -0.944. The largest absolute Gasteiger partial charge is 0.480 e. The Bertz CT molecular complexity index is 596. The van der Waals surface area contributed by atoms with Gasteiger partial charge in [-0.05, 0) is 5.56 Å². The topological polar surface area (TPSA) is 54.4 Å². The third-order valence-electron chi connectivity index (χ3n) is 3.04. The highest BCUT2D eigenvalue weighted by Gasteiger charge is 2.22. The highest BCUT2D eigenvalue weighted by Crippen LogP contribution is 2.22. The third-order valence-corrected chi connectivity index (χ3v) is 4.31. The molecule has 2 aromatic rings. The van der Waals surface area contributed by atoms with Crippen LogP contribution in [0.3, 0.4) is 0 Å². The van der Waals surface area contributed by atoms with Gasteiger partial charge in [0.1, 0.15) is 5.25 Å². The molecule has 1 atom stereocenters. The summed E-state index contributed by atoms with van der Waals surface area (Å²) in [6.07, 6.45) is 0.0108. The molecule has 0 amide bonds. The van der Waals surface area contributed by atoms with Gasteiger partial charge in [0.15, 0.2) is 5.78 Å². The first-order chi connectivity index (χ1) is 10.2. The lowest BCUT2D eigenvalue weighted by Crippen LogP contribution is -2.20. The first-order valence-corrected chi connectivity index (χ1v) is 7.68. The van der Waals surface area contributed by atoms with Gasteiger partial charge in [-0.3, -0.25) is 9.59 Å². The van der Waals surface area contributed by atoms with Crippen LogP contribution in [0, 0.1) is 0 Å². The lowest BCUT2D eigenvalue weighted by molar-refractivity contribution is -0.136. The van der Waals surface area contributed by atoms with E-state index in [1.54, 1.807) is 24.3 Å². The fourth-order valence-corrected chi connectivity index (χ4v) is 2.90. The van der Waals surface area contributed by atoms with E-state index in [1.165, 1.54) is 11.8 Å². The van der Waals surface area contributed by atoms with Gasteiger partial charge in [0.05, 0.1) is 0 Å². The van der Waals surface area contributed by atoms with Crippen molar-refractivity contribution in [1.29, 1.82) is 0 Å². The van der Waals surface area contributed by atoms with Crippen LogP contribution in [-0.2, 0) is 10.5 Å². The van der Waals surface area contributed by atoms with E-state index in [-0.39, 0.29) is 12.2 Å². The van der Waals surface area contributed by atoms with E-state index in [0.29, 0.717) is 11.3 Å². The molecule has 1 unspecified atom stereocenters. The molecule has 2 aromatic carbocycles. The molecule has 108 valence electrons. The standard InChI is InChI=1S/C17H16O3S/c18-15(14-9-5-2-6-10-14)11-16(17(19)20)21-12-13-7-3-1-4-8-13/h1-10,16H,11-12H2,(H,19,20). The van der Waals surface area contributed by atoms with Gasteiger partial charge in [-0.2, -0.15) is 0 Å². The van der Waals surface area contributed by atoms with Gasteiger partial charge in [0.25, 0.3) is 0 Å². The molecule has 0 aliphatic rings. The van der Waals surface area contributed by atoms with Crippen LogP contribution in [0.25, 0.3) is 0 Å². The zero-order valence-electron chi connectivity index (χ0n) is 11.4. The second kappa shape index (κ2) is 7.64. The fourth-order valence-electron chi connectivity index (χ4n) is 1.90. The summed E-state index contributed by atoms with van der Waals surface area (Å²) in [5.74, 6) is -0.497. The molecule has 0 saturated carbocycles. The van der Waals surface area contributed by atoms with E-state index in [9.17, 15) is 14.7 Å². The molecule has 0 aromatic heterocycles. The maximum absolute atomic E-state index is 12.1. The Morgan fingerprint density at radius 2 is 1.52 bits per heavy atom. The number of carboxylic acids is 1. The van der Waals surface area contributed by atoms with Crippen molar-refractivity contribution < 1.29 is 14.7 Å². The molecule has 0 aliphatic carbocycles. The molecule has 0 radical (unpaired) electrons. The smallest absolute Gasteiger partial charge is 0.317 e. The Labute approximate surface area is 128 Å². The molecule has 0 aliphatic heterocycles. The van der Waals surface area contributed by atoms with Crippen LogP contribution in [0.2, 0.25) is 0 Å². The van der Waals surface area contributed by atoms with Crippen molar-refractivity contribution in [2.75, 3.05) is 0 Å². The van der Waals surface area contributed by atoms with Crippen LogP contribution in [0.4, 0.5) is 0 Å². The Morgan fingerprint density at radius 3 is 2.10 bits per heavy atom. The van der Waals surface area contributed by atoms with Gasteiger partial charge in [-0.25, -0.2) is 0 Å². The Balaban J connectivity index is 1.96. The zero-order valence-corrected chi connectivity index (χ0v) is 12.3. The van der Waals surface area contributed by atoms with Crippen molar-refractivity contribution in [3.63, 3.8) is 0 Å². The van der Waals surface area contributed by atoms with E-state index in [4.69, 9.17) is 0 Å². The lowest BCUT2D eigenvalue weighted by atomic mass is 10.1. The van der Waals surface area contributed by atoms with Crippen LogP contribution < -0.4 is 0 Å². The Kier molecular flexibility index (Phi) is 5.58. The lowest BCUT2D eigenvalue weighted by Gasteiger charge is -2.11. The SMILES string of the molecule is O=C(CC(SCc1ccccc1)C(=O)O)c1ccccc1. The van der Waals surface area contributed by atoms with Crippen LogP contribution >= 0.6 is 11.8 Å². The van der Waals surface area contributed by atoms with Gasteiger partial charge >= 0.3 is 5.97 Å². The summed E-state index contributed by atoms with van der Waals surface area (Å²) in [4.78, 5) is 23.4. The minimum Gasteiger partial charge on any atom is -0.480 e. The van der Waals surface area contributed by atoms with E-state index < -0.39 is 11.2 Å². The van der Waals surface area contributed by atoms with E-state index in [0.717, 1.165) is 5.56 Å². The van der Waals surface area contributed by atoms with Crippen molar-refractivity contribution in [2.24, 2.45) is 0 Å². The first kappa shape index (κ1) is 15.3. The normalized spacial score (nSPS) is 11.8. The molecule has 0 spiro atoms. The predicted octanol–water partition coefficient (Wildman–Crippen LogP) is 3.65. The first-order valence-electron chi connectivity index (χ1n) is 6.63. The second-order valence-electron chi connectivity index (χ2n) is 4.62. The molecular weight excluding hydrogens is 284 g/mol. The van der Waals surface area contributed by atoms with Crippen LogP contribution in [-0.4, -0.2) is 22.1 Å². The zero-order chi connectivity index (χ0) is 15.1. The monoisotopic (exact) mass is 300 g/mol. The molecule has 2 rings (SSSR count). The summed E-state index contributed by atoms with van der Waals surface area (Å²) in [6, 6.07) is 18.5. The highest BCUT2D eigenvalue weighted by atomic mass is 32.2. The van der Waals surface area contributed by atoms with Crippen molar-refractivity contribution in [1.82, 2.24) is 0 Å². The number of hydrogen-bond acceptors (Lipinski definition) is 3. The molecular formula is C17H16O3S. The van der Waals surface area contributed by atoms with Gasteiger partial charge in [-0.1, -0.05) is 60.7 Å². The quantitative estimate of drug-likeness (QED) is 0.793. The van der Waals surface area contributed by atoms with Crippen molar-refractivity contribution in [3.8, 4) is 0 Å². The summed E-state index contributed by atoms with van der Waals surface area (Å²) in [5.41, 5.74) is 1.62.